The molecule has 2 fully saturated rings. The number of amides is 2. The molecular weight excluding hydrogens is 302 g/mol. The van der Waals surface area contributed by atoms with Crippen molar-refractivity contribution in [3.8, 4) is 0 Å². The molecule has 1 aliphatic heterocycles. The minimum Gasteiger partial charge on any atom is -0.335 e. The van der Waals surface area contributed by atoms with E-state index in [9.17, 15) is 9.59 Å². The molecular formula is C19H33N3O2. The van der Waals surface area contributed by atoms with Gasteiger partial charge in [-0.1, -0.05) is 27.7 Å². The average molecular weight is 335 g/mol. The van der Waals surface area contributed by atoms with Crippen LogP contribution in [0.2, 0.25) is 0 Å². The van der Waals surface area contributed by atoms with Crippen LogP contribution in [-0.4, -0.2) is 42.7 Å². The van der Waals surface area contributed by atoms with Gasteiger partial charge in [0.2, 0.25) is 6.08 Å². The third-order valence-corrected chi connectivity index (χ3v) is 5.60. The maximum atomic E-state index is 12.7. The molecule has 0 aromatic rings. The van der Waals surface area contributed by atoms with E-state index in [-0.39, 0.29) is 22.9 Å². The molecule has 1 heterocycles. The smallest absolute Gasteiger partial charge is 0.317 e. The largest absolute Gasteiger partial charge is 0.335 e. The molecule has 5 heteroatoms. The molecule has 2 aliphatic rings. The fourth-order valence-corrected chi connectivity index (χ4v) is 4.81. The predicted octanol–water partition coefficient (Wildman–Crippen LogP) is 3.74. The summed E-state index contributed by atoms with van der Waals surface area (Å²) in [6, 6.07) is 0.224. The Hall–Kier alpha value is -1.35. The van der Waals surface area contributed by atoms with Crippen LogP contribution in [0.4, 0.5) is 4.79 Å². The van der Waals surface area contributed by atoms with E-state index in [0.717, 1.165) is 45.2 Å². The summed E-state index contributed by atoms with van der Waals surface area (Å²) in [6.07, 6.45) is 7.92. The number of aliphatic imine (C=N–C) groups is 1. The van der Waals surface area contributed by atoms with Crippen molar-refractivity contribution < 1.29 is 9.59 Å². The summed E-state index contributed by atoms with van der Waals surface area (Å²) in [5.41, 5.74) is 0.0844. The Morgan fingerprint density at radius 2 is 2.00 bits per heavy atom. The fourth-order valence-electron chi connectivity index (χ4n) is 4.81. The molecule has 0 bridgehead atoms. The van der Waals surface area contributed by atoms with Crippen LogP contribution in [-0.2, 0) is 4.79 Å². The lowest BCUT2D eigenvalue weighted by Gasteiger charge is -2.46. The van der Waals surface area contributed by atoms with E-state index in [4.69, 9.17) is 0 Å². The maximum Gasteiger partial charge on any atom is 0.317 e. The van der Waals surface area contributed by atoms with E-state index in [2.05, 4.69) is 38.0 Å². The minimum atomic E-state index is -0.0512. The van der Waals surface area contributed by atoms with Gasteiger partial charge in [-0.15, -0.1) is 0 Å². The summed E-state index contributed by atoms with van der Waals surface area (Å²) in [7, 11) is 0. The molecule has 136 valence electrons. The molecule has 1 aliphatic carbocycles. The lowest BCUT2D eigenvalue weighted by molar-refractivity contribution is 0.0778. The number of carbonyl (C=O) groups excluding carboxylic acids is 2. The van der Waals surface area contributed by atoms with Crippen molar-refractivity contribution in [1.82, 2.24) is 10.2 Å². The molecule has 1 N–H and O–H groups in total. The van der Waals surface area contributed by atoms with Gasteiger partial charge in [-0.3, -0.25) is 0 Å². The number of nitrogens with zero attached hydrogens (tertiary/aromatic N) is 2. The minimum absolute atomic E-state index is 0.0512. The van der Waals surface area contributed by atoms with E-state index >= 15 is 0 Å². The van der Waals surface area contributed by atoms with E-state index in [1.807, 2.05) is 4.90 Å². The van der Waals surface area contributed by atoms with Gasteiger partial charge in [-0.05, 0) is 55.3 Å². The second-order valence-corrected chi connectivity index (χ2v) is 9.14. The van der Waals surface area contributed by atoms with Crippen molar-refractivity contribution in [2.24, 2.45) is 21.7 Å². The molecule has 0 spiro atoms. The van der Waals surface area contributed by atoms with E-state index in [0.29, 0.717) is 12.5 Å². The number of likely N-dealkylation sites (tertiary alicyclic amines) is 1. The topological polar surface area (TPSA) is 61.8 Å². The van der Waals surface area contributed by atoms with Crippen LogP contribution in [0.15, 0.2) is 4.99 Å². The van der Waals surface area contributed by atoms with Crippen molar-refractivity contribution in [3.63, 3.8) is 0 Å². The number of urea groups is 1. The summed E-state index contributed by atoms with van der Waals surface area (Å²) in [6.45, 7) is 11.1. The Bertz CT molecular complexity index is 499. The van der Waals surface area contributed by atoms with Gasteiger partial charge >= 0.3 is 6.03 Å². The van der Waals surface area contributed by atoms with E-state index in [1.165, 1.54) is 6.42 Å². The average Bonchev–Trinajstić information content (AvgIpc) is 2.68. The lowest BCUT2D eigenvalue weighted by atomic mass is 9.62. The number of rotatable bonds is 3. The molecule has 5 nitrogen and oxygen atoms in total. The van der Waals surface area contributed by atoms with Crippen molar-refractivity contribution in [2.75, 3.05) is 19.6 Å². The Kier molecular flexibility index (Phi) is 6.08. The van der Waals surface area contributed by atoms with Crippen LogP contribution in [0.1, 0.15) is 66.2 Å². The van der Waals surface area contributed by atoms with Gasteiger partial charge in [0.25, 0.3) is 0 Å². The molecule has 0 aromatic carbocycles. The molecule has 3 atom stereocenters. The molecule has 3 unspecified atom stereocenters. The Labute approximate surface area is 146 Å². The summed E-state index contributed by atoms with van der Waals surface area (Å²) >= 11 is 0. The van der Waals surface area contributed by atoms with Gasteiger partial charge in [0.15, 0.2) is 0 Å². The molecule has 1 saturated heterocycles. The SMILES string of the molecule is CC1CCCN(C(=O)NC2CC(C)(C)CC(C)(CN=C=O)C2)CC1. The molecule has 2 rings (SSSR count). The predicted molar refractivity (Wildman–Crippen MR) is 95.6 cm³/mol. The standard InChI is InChI=1S/C19H33N3O2/c1-15-6-5-8-22(9-7-15)17(24)21-16-10-18(2,3)12-19(4,11-16)13-20-14-23/h15-16H,5-13H2,1-4H3,(H,21,24). The van der Waals surface area contributed by atoms with Gasteiger partial charge < -0.3 is 10.2 Å². The van der Waals surface area contributed by atoms with Gasteiger partial charge in [-0.25, -0.2) is 14.6 Å². The summed E-state index contributed by atoms with van der Waals surface area (Å²) < 4.78 is 0. The third-order valence-electron chi connectivity index (χ3n) is 5.60. The molecule has 24 heavy (non-hydrogen) atoms. The molecule has 1 saturated carbocycles. The van der Waals surface area contributed by atoms with Crippen molar-refractivity contribution in [1.29, 1.82) is 0 Å². The zero-order valence-electron chi connectivity index (χ0n) is 15.7. The van der Waals surface area contributed by atoms with Gasteiger partial charge in [0, 0.05) is 19.1 Å². The zero-order valence-corrected chi connectivity index (χ0v) is 15.7. The summed E-state index contributed by atoms with van der Waals surface area (Å²) in [4.78, 5) is 29.0. The van der Waals surface area contributed by atoms with E-state index < -0.39 is 0 Å². The van der Waals surface area contributed by atoms with Crippen LogP contribution in [0.25, 0.3) is 0 Å². The maximum absolute atomic E-state index is 12.7. The van der Waals surface area contributed by atoms with Crippen LogP contribution in [0.3, 0.4) is 0 Å². The Morgan fingerprint density at radius 1 is 1.25 bits per heavy atom. The lowest BCUT2D eigenvalue weighted by Crippen LogP contribution is -2.51. The highest BCUT2D eigenvalue weighted by atomic mass is 16.2. The van der Waals surface area contributed by atoms with Crippen molar-refractivity contribution >= 4 is 12.1 Å². The molecule has 0 radical (unpaired) electrons. The number of isocyanates is 1. The first-order valence-corrected chi connectivity index (χ1v) is 9.32. The monoisotopic (exact) mass is 335 g/mol. The van der Waals surface area contributed by atoms with Crippen molar-refractivity contribution in [2.45, 2.75) is 72.3 Å². The quantitative estimate of drug-likeness (QED) is 0.631. The molecule has 2 amide bonds. The van der Waals surface area contributed by atoms with Crippen molar-refractivity contribution in [3.05, 3.63) is 0 Å². The Morgan fingerprint density at radius 3 is 2.71 bits per heavy atom. The second-order valence-electron chi connectivity index (χ2n) is 9.14. The highest BCUT2D eigenvalue weighted by molar-refractivity contribution is 5.74. The summed E-state index contributed by atoms with van der Waals surface area (Å²) in [5, 5.41) is 3.27. The first-order valence-electron chi connectivity index (χ1n) is 9.32. The number of carbonyl (C=O) groups is 1. The fraction of sp³-hybridized carbons (Fsp3) is 0.895. The highest BCUT2D eigenvalue weighted by Crippen LogP contribution is 2.46. The van der Waals surface area contributed by atoms with Gasteiger partial charge in [-0.2, -0.15) is 0 Å². The first-order chi connectivity index (χ1) is 11.2. The first kappa shape index (κ1) is 19.0. The van der Waals surface area contributed by atoms with Crippen LogP contribution in [0.5, 0.6) is 0 Å². The summed E-state index contributed by atoms with van der Waals surface area (Å²) in [5.74, 6) is 0.709. The van der Waals surface area contributed by atoms with Gasteiger partial charge in [0.05, 0.1) is 6.54 Å². The highest BCUT2D eigenvalue weighted by Gasteiger charge is 2.42. The Balaban J connectivity index is 1.99. The number of nitrogens with one attached hydrogen (secondary N) is 1. The normalized spacial score (nSPS) is 33.2. The molecule has 0 aromatic heterocycles. The van der Waals surface area contributed by atoms with Crippen LogP contribution in [0, 0.1) is 16.7 Å². The second kappa shape index (κ2) is 7.69. The third kappa shape index (κ3) is 5.34. The van der Waals surface area contributed by atoms with Crippen LogP contribution < -0.4 is 5.32 Å². The van der Waals surface area contributed by atoms with Gasteiger partial charge in [0.1, 0.15) is 0 Å². The zero-order chi connectivity index (χ0) is 17.8. The number of hydrogen-bond donors (Lipinski definition) is 1. The van der Waals surface area contributed by atoms with E-state index in [1.54, 1.807) is 6.08 Å². The van der Waals surface area contributed by atoms with Crippen LogP contribution >= 0.6 is 0 Å². The number of hydrogen-bond acceptors (Lipinski definition) is 3.